The number of nitrogens with one attached hydrogen (secondary N) is 1. The van der Waals surface area contributed by atoms with Gasteiger partial charge in [0.05, 0.1) is 17.2 Å². The molecule has 112 valence electrons. The Balaban J connectivity index is 2.35. The van der Waals surface area contributed by atoms with Crippen LogP contribution in [-0.4, -0.2) is 13.5 Å². The molecule has 0 radical (unpaired) electrons. The number of aliphatic hydroxyl groups is 1. The quantitative estimate of drug-likeness (QED) is 0.906. The molecule has 0 fully saturated rings. The molecule has 0 aliphatic heterocycles. The molecule has 2 aromatic rings. The van der Waals surface area contributed by atoms with Crippen LogP contribution in [-0.2, 0) is 16.6 Å². The maximum Gasteiger partial charge on any atom is 0.261 e. The Labute approximate surface area is 127 Å². The third-order valence-corrected chi connectivity index (χ3v) is 4.71. The first-order valence-electron chi connectivity index (χ1n) is 6.02. The molecular formula is C14H13ClFNO3S. The van der Waals surface area contributed by atoms with Crippen LogP contribution >= 0.6 is 11.6 Å². The van der Waals surface area contributed by atoms with Gasteiger partial charge in [-0.2, -0.15) is 0 Å². The minimum atomic E-state index is -3.88. The molecule has 0 aliphatic carbocycles. The van der Waals surface area contributed by atoms with Crippen molar-refractivity contribution in [3.8, 4) is 0 Å². The Kier molecular flexibility index (Phi) is 4.51. The number of sulfonamides is 1. The summed E-state index contributed by atoms with van der Waals surface area (Å²) in [4.78, 5) is -0.135. The molecule has 0 unspecified atom stereocenters. The summed E-state index contributed by atoms with van der Waals surface area (Å²) in [6.07, 6.45) is 0. The molecule has 0 heterocycles. The Morgan fingerprint density at radius 1 is 1.24 bits per heavy atom. The summed E-state index contributed by atoms with van der Waals surface area (Å²) in [6.45, 7) is 1.22. The highest BCUT2D eigenvalue weighted by atomic mass is 35.5. The van der Waals surface area contributed by atoms with Crippen molar-refractivity contribution in [3.05, 3.63) is 58.4 Å². The SMILES string of the molecule is Cc1ccc(NS(=O)(=O)c2ccc(F)c(CO)c2)cc1Cl. The van der Waals surface area contributed by atoms with Crippen LogP contribution in [0, 0.1) is 12.7 Å². The van der Waals surface area contributed by atoms with E-state index >= 15 is 0 Å². The van der Waals surface area contributed by atoms with Gasteiger partial charge in [-0.15, -0.1) is 0 Å². The van der Waals surface area contributed by atoms with Crippen molar-refractivity contribution in [1.82, 2.24) is 0 Å². The van der Waals surface area contributed by atoms with Gasteiger partial charge in [0.25, 0.3) is 10.0 Å². The second-order valence-electron chi connectivity index (χ2n) is 4.48. The molecule has 0 amide bonds. The topological polar surface area (TPSA) is 66.4 Å². The van der Waals surface area contributed by atoms with Gasteiger partial charge in [-0.1, -0.05) is 17.7 Å². The molecule has 0 saturated carbocycles. The number of anilines is 1. The molecule has 2 rings (SSSR count). The number of aryl methyl sites for hydroxylation is 1. The third kappa shape index (κ3) is 3.53. The van der Waals surface area contributed by atoms with E-state index < -0.39 is 22.4 Å². The minimum Gasteiger partial charge on any atom is -0.392 e. The fourth-order valence-electron chi connectivity index (χ4n) is 1.71. The molecular weight excluding hydrogens is 317 g/mol. The monoisotopic (exact) mass is 329 g/mol. The van der Waals surface area contributed by atoms with Crippen molar-refractivity contribution in [1.29, 1.82) is 0 Å². The first kappa shape index (κ1) is 15.8. The van der Waals surface area contributed by atoms with Gasteiger partial charge in [0.15, 0.2) is 0 Å². The Morgan fingerprint density at radius 3 is 2.57 bits per heavy atom. The van der Waals surface area contributed by atoms with Gasteiger partial charge in [-0.25, -0.2) is 12.8 Å². The van der Waals surface area contributed by atoms with Gasteiger partial charge in [-0.05, 0) is 42.8 Å². The van der Waals surface area contributed by atoms with E-state index in [4.69, 9.17) is 16.7 Å². The van der Waals surface area contributed by atoms with E-state index in [1.165, 1.54) is 6.07 Å². The van der Waals surface area contributed by atoms with E-state index in [9.17, 15) is 12.8 Å². The minimum absolute atomic E-state index is 0.0835. The predicted octanol–water partition coefficient (Wildman–Crippen LogP) is 3.08. The number of aliphatic hydroxyl groups excluding tert-OH is 1. The number of hydrogen-bond acceptors (Lipinski definition) is 3. The standard InChI is InChI=1S/C14H13ClFNO3S/c1-9-2-3-11(7-13(9)15)17-21(19,20)12-4-5-14(16)10(6-12)8-18/h2-7,17-18H,8H2,1H3. The first-order chi connectivity index (χ1) is 9.83. The maximum absolute atomic E-state index is 13.3. The van der Waals surface area contributed by atoms with Crippen LogP contribution in [0.2, 0.25) is 5.02 Å². The molecule has 4 nitrogen and oxygen atoms in total. The van der Waals surface area contributed by atoms with Crippen molar-refractivity contribution in [3.63, 3.8) is 0 Å². The molecule has 0 bridgehead atoms. The van der Waals surface area contributed by atoms with Gasteiger partial charge in [0.2, 0.25) is 0 Å². The molecule has 0 atom stereocenters. The Hall–Kier alpha value is -1.63. The molecule has 7 heteroatoms. The maximum atomic E-state index is 13.3. The number of halogens is 2. The van der Waals surface area contributed by atoms with E-state index in [-0.39, 0.29) is 10.5 Å². The van der Waals surface area contributed by atoms with Crippen LogP contribution < -0.4 is 4.72 Å². The average Bonchev–Trinajstić information content (AvgIpc) is 2.43. The van der Waals surface area contributed by atoms with Crippen molar-refractivity contribution in [2.75, 3.05) is 4.72 Å². The lowest BCUT2D eigenvalue weighted by Crippen LogP contribution is -2.13. The molecule has 0 aliphatic rings. The van der Waals surface area contributed by atoms with Crippen molar-refractivity contribution >= 4 is 27.3 Å². The highest BCUT2D eigenvalue weighted by molar-refractivity contribution is 7.92. The van der Waals surface area contributed by atoms with E-state index in [0.717, 1.165) is 23.8 Å². The number of hydrogen-bond donors (Lipinski definition) is 2. The van der Waals surface area contributed by atoms with E-state index in [1.807, 2.05) is 0 Å². The summed E-state index contributed by atoms with van der Waals surface area (Å²) < 4.78 is 40.1. The Bertz CT molecular complexity index is 778. The van der Waals surface area contributed by atoms with Gasteiger partial charge in [-0.3, -0.25) is 4.72 Å². The average molecular weight is 330 g/mol. The predicted molar refractivity (Wildman–Crippen MR) is 79.3 cm³/mol. The summed E-state index contributed by atoms with van der Waals surface area (Å²) >= 11 is 5.94. The lowest BCUT2D eigenvalue weighted by atomic mass is 10.2. The summed E-state index contributed by atoms with van der Waals surface area (Å²) in [5, 5.41) is 9.43. The van der Waals surface area contributed by atoms with Gasteiger partial charge in [0.1, 0.15) is 5.82 Å². The Morgan fingerprint density at radius 2 is 1.95 bits per heavy atom. The molecule has 2 aromatic carbocycles. The number of rotatable bonds is 4. The first-order valence-corrected chi connectivity index (χ1v) is 7.88. The van der Waals surface area contributed by atoms with Gasteiger partial charge < -0.3 is 5.11 Å². The fourth-order valence-corrected chi connectivity index (χ4v) is 2.99. The second-order valence-corrected chi connectivity index (χ2v) is 6.57. The number of benzene rings is 2. The normalized spacial score (nSPS) is 11.4. The van der Waals surface area contributed by atoms with Crippen molar-refractivity contribution < 1.29 is 17.9 Å². The highest BCUT2D eigenvalue weighted by Gasteiger charge is 2.16. The van der Waals surface area contributed by atoms with Crippen LogP contribution in [0.3, 0.4) is 0 Å². The van der Waals surface area contributed by atoms with Crippen molar-refractivity contribution in [2.45, 2.75) is 18.4 Å². The van der Waals surface area contributed by atoms with Crippen LogP contribution in [0.4, 0.5) is 10.1 Å². The van der Waals surface area contributed by atoms with E-state index in [0.29, 0.717) is 10.7 Å². The highest BCUT2D eigenvalue weighted by Crippen LogP contribution is 2.23. The lowest BCUT2D eigenvalue weighted by Gasteiger charge is -2.10. The summed E-state index contributed by atoms with van der Waals surface area (Å²) in [7, 11) is -3.88. The molecule has 0 aromatic heterocycles. The molecule has 0 spiro atoms. The van der Waals surface area contributed by atoms with Crippen LogP contribution in [0.25, 0.3) is 0 Å². The molecule has 21 heavy (non-hydrogen) atoms. The van der Waals surface area contributed by atoms with E-state index in [2.05, 4.69) is 4.72 Å². The lowest BCUT2D eigenvalue weighted by molar-refractivity contribution is 0.275. The van der Waals surface area contributed by atoms with Crippen LogP contribution in [0.15, 0.2) is 41.3 Å². The largest absolute Gasteiger partial charge is 0.392 e. The fraction of sp³-hybridized carbons (Fsp3) is 0.143. The summed E-state index contributed by atoms with van der Waals surface area (Å²) in [5.41, 5.74) is 1.05. The zero-order chi connectivity index (χ0) is 15.6. The smallest absolute Gasteiger partial charge is 0.261 e. The van der Waals surface area contributed by atoms with Gasteiger partial charge >= 0.3 is 0 Å². The molecule has 0 saturated heterocycles. The van der Waals surface area contributed by atoms with Crippen LogP contribution in [0.1, 0.15) is 11.1 Å². The van der Waals surface area contributed by atoms with Crippen LogP contribution in [0.5, 0.6) is 0 Å². The van der Waals surface area contributed by atoms with Crippen molar-refractivity contribution in [2.24, 2.45) is 0 Å². The molecule has 2 N–H and O–H groups in total. The van der Waals surface area contributed by atoms with E-state index in [1.54, 1.807) is 19.1 Å². The summed E-state index contributed by atoms with van der Waals surface area (Å²) in [5.74, 6) is -0.658. The third-order valence-electron chi connectivity index (χ3n) is 2.92. The zero-order valence-electron chi connectivity index (χ0n) is 11.1. The van der Waals surface area contributed by atoms with Gasteiger partial charge in [0, 0.05) is 10.6 Å². The zero-order valence-corrected chi connectivity index (χ0v) is 12.7. The second kappa shape index (κ2) is 6.01. The summed E-state index contributed by atoms with van der Waals surface area (Å²) in [6, 6.07) is 7.98.